The molecule has 0 aliphatic carbocycles. The molecule has 0 aromatic carbocycles. The molecule has 0 aliphatic rings. The fourth-order valence-corrected chi connectivity index (χ4v) is 2.21. The summed E-state index contributed by atoms with van der Waals surface area (Å²) in [7, 11) is 0. The number of nitrogens with one attached hydrogen (secondary N) is 1. The second-order valence-corrected chi connectivity index (χ2v) is 5.62. The second kappa shape index (κ2) is 6.36. The molecule has 1 heterocycles. The number of nitrogens with zero attached hydrogens (tertiary/aromatic N) is 1. The van der Waals surface area contributed by atoms with E-state index in [1.54, 1.807) is 18.0 Å². The van der Waals surface area contributed by atoms with Crippen molar-refractivity contribution in [3.05, 3.63) is 23.4 Å². The quantitative estimate of drug-likeness (QED) is 0.806. The summed E-state index contributed by atoms with van der Waals surface area (Å²) < 4.78 is 0. The SMILES string of the molecule is CC(C)NCC(C)Sc1ncccc1Cl. The summed E-state index contributed by atoms with van der Waals surface area (Å²) in [6.07, 6.45) is 1.77. The lowest BCUT2D eigenvalue weighted by atomic mass is 10.3. The zero-order valence-electron chi connectivity index (χ0n) is 9.33. The zero-order chi connectivity index (χ0) is 11.3. The molecular formula is C11H17ClN2S. The van der Waals surface area contributed by atoms with Crippen LogP contribution in [0.25, 0.3) is 0 Å². The van der Waals surface area contributed by atoms with Gasteiger partial charge in [0.05, 0.1) is 5.02 Å². The Balaban J connectivity index is 2.44. The molecule has 1 rings (SSSR count). The molecule has 0 spiro atoms. The summed E-state index contributed by atoms with van der Waals surface area (Å²) in [6, 6.07) is 4.25. The monoisotopic (exact) mass is 244 g/mol. The minimum Gasteiger partial charge on any atom is -0.313 e. The van der Waals surface area contributed by atoms with E-state index in [4.69, 9.17) is 11.6 Å². The first-order valence-corrected chi connectivity index (χ1v) is 6.36. The van der Waals surface area contributed by atoms with E-state index < -0.39 is 0 Å². The summed E-state index contributed by atoms with van der Waals surface area (Å²) in [5.41, 5.74) is 0. The molecule has 0 bridgehead atoms. The maximum Gasteiger partial charge on any atom is 0.115 e. The van der Waals surface area contributed by atoms with Crippen LogP contribution in [0.4, 0.5) is 0 Å². The first-order valence-electron chi connectivity index (χ1n) is 5.10. The van der Waals surface area contributed by atoms with Gasteiger partial charge in [0, 0.05) is 24.0 Å². The Hall–Kier alpha value is -0.250. The van der Waals surface area contributed by atoms with Gasteiger partial charge in [0.25, 0.3) is 0 Å². The van der Waals surface area contributed by atoms with Crippen molar-refractivity contribution >= 4 is 23.4 Å². The number of hydrogen-bond acceptors (Lipinski definition) is 3. The van der Waals surface area contributed by atoms with Gasteiger partial charge in [-0.1, -0.05) is 32.4 Å². The fraction of sp³-hybridized carbons (Fsp3) is 0.545. The van der Waals surface area contributed by atoms with Gasteiger partial charge in [0.2, 0.25) is 0 Å². The normalized spacial score (nSPS) is 13.1. The van der Waals surface area contributed by atoms with E-state index in [0.29, 0.717) is 11.3 Å². The van der Waals surface area contributed by atoms with Gasteiger partial charge in [-0.3, -0.25) is 0 Å². The van der Waals surface area contributed by atoms with Gasteiger partial charge in [-0.25, -0.2) is 4.98 Å². The van der Waals surface area contributed by atoms with E-state index in [1.807, 2.05) is 12.1 Å². The molecule has 0 amide bonds. The number of thioether (sulfide) groups is 1. The standard InChI is InChI=1S/C11H17ClN2S/c1-8(2)14-7-9(3)15-11-10(12)5-4-6-13-11/h4-6,8-9,14H,7H2,1-3H3. The Morgan fingerprint density at radius 1 is 1.47 bits per heavy atom. The highest BCUT2D eigenvalue weighted by Gasteiger charge is 2.08. The summed E-state index contributed by atoms with van der Waals surface area (Å²) in [5, 5.41) is 5.51. The van der Waals surface area contributed by atoms with Crippen molar-refractivity contribution in [2.75, 3.05) is 6.54 Å². The average Bonchev–Trinajstić information content (AvgIpc) is 2.18. The maximum atomic E-state index is 6.03. The van der Waals surface area contributed by atoms with Gasteiger partial charge in [-0.2, -0.15) is 0 Å². The van der Waals surface area contributed by atoms with Crippen molar-refractivity contribution in [2.45, 2.75) is 37.1 Å². The molecule has 0 saturated heterocycles. The fourth-order valence-electron chi connectivity index (χ4n) is 1.09. The van der Waals surface area contributed by atoms with Crippen LogP contribution in [-0.4, -0.2) is 22.8 Å². The van der Waals surface area contributed by atoms with E-state index in [9.17, 15) is 0 Å². The third kappa shape index (κ3) is 4.87. The van der Waals surface area contributed by atoms with Crippen LogP contribution in [0, 0.1) is 0 Å². The topological polar surface area (TPSA) is 24.9 Å². The van der Waals surface area contributed by atoms with Gasteiger partial charge >= 0.3 is 0 Å². The smallest absolute Gasteiger partial charge is 0.115 e. The third-order valence-corrected chi connectivity index (χ3v) is 3.39. The molecule has 1 aromatic heterocycles. The lowest BCUT2D eigenvalue weighted by Gasteiger charge is -2.14. The van der Waals surface area contributed by atoms with E-state index in [0.717, 1.165) is 16.6 Å². The minimum absolute atomic E-state index is 0.472. The van der Waals surface area contributed by atoms with Crippen LogP contribution in [0.5, 0.6) is 0 Å². The summed E-state index contributed by atoms with van der Waals surface area (Å²) >= 11 is 7.73. The first kappa shape index (κ1) is 12.8. The Labute approximate surface area is 101 Å². The summed E-state index contributed by atoms with van der Waals surface area (Å²) in [4.78, 5) is 4.25. The third-order valence-electron chi connectivity index (χ3n) is 1.85. The van der Waals surface area contributed by atoms with Gasteiger partial charge in [0.1, 0.15) is 5.03 Å². The molecule has 2 nitrogen and oxygen atoms in total. The van der Waals surface area contributed by atoms with Crippen molar-refractivity contribution in [1.29, 1.82) is 0 Å². The lowest BCUT2D eigenvalue weighted by Crippen LogP contribution is -2.29. The van der Waals surface area contributed by atoms with Crippen LogP contribution in [0.15, 0.2) is 23.4 Å². The van der Waals surface area contributed by atoms with Crippen LogP contribution >= 0.6 is 23.4 Å². The molecule has 15 heavy (non-hydrogen) atoms. The van der Waals surface area contributed by atoms with E-state index >= 15 is 0 Å². The predicted molar refractivity (Wildman–Crippen MR) is 67.7 cm³/mol. The van der Waals surface area contributed by atoms with E-state index in [-0.39, 0.29) is 0 Å². The maximum absolute atomic E-state index is 6.03. The van der Waals surface area contributed by atoms with Crippen molar-refractivity contribution in [1.82, 2.24) is 10.3 Å². The Kier molecular flexibility index (Phi) is 5.43. The number of halogens is 1. The highest BCUT2D eigenvalue weighted by atomic mass is 35.5. The van der Waals surface area contributed by atoms with Gasteiger partial charge in [0.15, 0.2) is 0 Å². The van der Waals surface area contributed by atoms with Crippen molar-refractivity contribution in [2.24, 2.45) is 0 Å². The molecule has 1 aromatic rings. The molecule has 0 saturated carbocycles. The van der Waals surface area contributed by atoms with Gasteiger partial charge < -0.3 is 5.32 Å². The van der Waals surface area contributed by atoms with Crippen LogP contribution in [0.2, 0.25) is 5.02 Å². The molecule has 0 radical (unpaired) electrons. The molecule has 1 atom stereocenters. The number of rotatable bonds is 5. The number of aromatic nitrogens is 1. The summed E-state index contributed by atoms with van der Waals surface area (Å²) in [5.74, 6) is 0. The van der Waals surface area contributed by atoms with Crippen molar-refractivity contribution in [3.63, 3.8) is 0 Å². The van der Waals surface area contributed by atoms with Crippen molar-refractivity contribution in [3.8, 4) is 0 Å². The Bertz CT molecular complexity index is 304. The number of hydrogen-bond donors (Lipinski definition) is 1. The second-order valence-electron chi connectivity index (χ2n) is 3.78. The molecule has 1 unspecified atom stereocenters. The zero-order valence-corrected chi connectivity index (χ0v) is 10.9. The predicted octanol–water partition coefficient (Wildman–Crippen LogP) is 3.21. The van der Waals surface area contributed by atoms with Crippen LogP contribution in [0.3, 0.4) is 0 Å². The van der Waals surface area contributed by atoms with E-state index in [1.165, 1.54) is 0 Å². The van der Waals surface area contributed by atoms with Gasteiger partial charge in [-0.05, 0) is 12.1 Å². The molecule has 0 aliphatic heterocycles. The van der Waals surface area contributed by atoms with Crippen LogP contribution in [0.1, 0.15) is 20.8 Å². The Morgan fingerprint density at radius 3 is 2.80 bits per heavy atom. The first-order chi connectivity index (χ1) is 7.09. The lowest BCUT2D eigenvalue weighted by molar-refractivity contribution is 0.589. The highest BCUT2D eigenvalue weighted by Crippen LogP contribution is 2.27. The average molecular weight is 245 g/mol. The van der Waals surface area contributed by atoms with E-state index in [2.05, 4.69) is 31.1 Å². The van der Waals surface area contributed by atoms with Crippen LogP contribution in [-0.2, 0) is 0 Å². The van der Waals surface area contributed by atoms with Crippen molar-refractivity contribution < 1.29 is 0 Å². The minimum atomic E-state index is 0.472. The number of pyridine rings is 1. The molecular weight excluding hydrogens is 228 g/mol. The molecule has 4 heteroatoms. The molecule has 84 valence electrons. The van der Waals surface area contributed by atoms with Crippen LogP contribution < -0.4 is 5.32 Å². The molecule has 0 fully saturated rings. The summed E-state index contributed by atoms with van der Waals surface area (Å²) in [6.45, 7) is 7.43. The highest BCUT2D eigenvalue weighted by molar-refractivity contribution is 8.00. The largest absolute Gasteiger partial charge is 0.313 e. The molecule has 1 N–H and O–H groups in total. The van der Waals surface area contributed by atoms with Gasteiger partial charge in [-0.15, -0.1) is 11.8 Å². The Morgan fingerprint density at radius 2 is 2.20 bits per heavy atom.